The van der Waals surface area contributed by atoms with Gasteiger partial charge in [-0.05, 0) is 31.5 Å². The maximum Gasteiger partial charge on any atom is 0.108 e. The van der Waals surface area contributed by atoms with Crippen LogP contribution in [0.1, 0.15) is 19.8 Å². The number of piperidine rings is 1. The molecule has 2 aliphatic heterocycles. The van der Waals surface area contributed by atoms with Crippen molar-refractivity contribution in [1.82, 2.24) is 14.8 Å². The Morgan fingerprint density at radius 3 is 2.52 bits per heavy atom. The molecule has 0 unspecified atom stereocenters. The molecule has 3 heterocycles. The number of hydrogen-bond acceptors (Lipinski definition) is 5. The molecular formula is C24H32N4O. The molecule has 1 aromatic heterocycles. The van der Waals surface area contributed by atoms with E-state index >= 15 is 0 Å². The minimum absolute atomic E-state index is 0.321. The Morgan fingerprint density at radius 1 is 0.966 bits per heavy atom. The molecular weight excluding hydrogens is 360 g/mol. The zero-order valence-corrected chi connectivity index (χ0v) is 17.5. The summed E-state index contributed by atoms with van der Waals surface area (Å²) in [5.74, 6) is 6.52. The van der Waals surface area contributed by atoms with Crippen LogP contribution in [0.25, 0.3) is 10.9 Å². The van der Waals surface area contributed by atoms with Gasteiger partial charge in [-0.1, -0.05) is 37.0 Å². The van der Waals surface area contributed by atoms with Crippen LogP contribution in [0.15, 0.2) is 36.5 Å². The molecule has 2 aliphatic rings. The van der Waals surface area contributed by atoms with E-state index in [2.05, 4.69) is 62.7 Å². The molecule has 154 valence electrons. The first-order valence-electron chi connectivity index (χ1n) is 10.9. The van der Waals surface area contributed by atoms with Crippen LogP contribution in [0.4, 0.5) is 5.69 Å². The molecule has 2 saturated heterocycles. The second-order valence-electron chi connectivity index (χ2n) is 7.91. The fourth-order valence-electron chi connectivity index (χ4n) is 4.26. The van der Waals surface area contributed by atoms with Gasteiger partial charge in [-0.15, -0.1) is 0 Å². The number of aromatic nitrogens is 1. The SMILES string of the molecule is CCN1CCN(CC#CCOC2CCN(c3ccnc4ccccc34)CC2)CC1. The average molecular weight is 393 g/mol. The average Bonchev–Trinajstić information content (AvgIpc) is 2.79. The first kappa shape index (κ1) is 20.2. The van der Waals surface area contributed by atoms with Crippen molar-refractivity contribution in [2.24, 2.45) is 0 Å². The van der Waals surface area contributed by atoms with Gasteiger partial charge in [0.1, 0.15) is 6.61 Å². The Bertz CT molecular complexity index is 837. The molecule has 0 saturated carbocycles. The molecule has 1 aromatic carbocycles. The highest BCUT2D eigenvalue weighted by atomic mass is 16.5. The molecule has 2 fully saturated rings. The van der Waals surface area contributed by atoms with Crippen LogP contribution in [0.3, 0.4) is 0 Å². The number of anilines is 1. The zero-order chi connectivity index (χ0) is 19.9. The standard InChI is InChI=1S/C24H32N4O/c1-2-26-16-18-27(19-17-26)13-5-6-20-29-21-10-14-28(15-11-21)24-9-12-25-23-8-4-3-7-22(23)24/h3-4,7-9,12,21H,2,10-11,13-20H2,1H3. The fraction of sp³-hybridized carbons (Fsp3) is 0.542. The van der Waals surface area contributed by atoms with E-state index in [1.807, 2.05) is 12.3 Å². The summed E-state index contributed by atoms with van der Waals surface area (Å²) in [5, 5.41) is 1.24. The highest BCUT2D eigenvalue weighted by Gasteiger charge is 2.21. The van der Waals surface area contributed by atoms with Crippen LogP contribution in [0.2, 0.25) is 0 Å². The summed E-state index contributed by atoms with van der Waals surface area (Å²) >= 11 is 0. The smallest absolute Gasteiger partial charge is 0.108 e. The molecule has 2 aromatic rings. The number of likely N-dealkylation sites (N-methyl/N-ethyl adjacent to an activating group) is 1. The predicted molar refractivity (Wildman–Crippen MR) is 119 cm³/mol. The largest absolute Gasteiger partial charge is 0.371 e. The lowest BCUT2D eigenvalue weighted by atomic mass is 10.1. The lowest BCUT2D eigenvalue weighted by molar-refractivity contribution is 0.0594. The first-order valence-corrected chi connectivity index (χ1v) is 10.9. The summed E-state index contributed by atoms with van der Waals surface area (Å²) < 4.78 is 6.04. The topological polar surface area (TPSA) is 31.8 Å². The van der Waals surface area contributed by atoms with Crippen molar-refractivity contribution in [2.45, 2.75) is 25.9 Å². The van der Waals surface area contributed by atoms with Crippen molar-refractivity contribution in [1.29, 1.82) is 0 Å². The van der Waals surface area contributed by atoms with Gasteiger partial charge in [0.25, 0.3) is 0 Å². The van der Waals surface area contributed by atoms with Gasteiger partial charge in [-0.2, -0.15) is 0 Å². The van der Waals surface area contributed by atoms with Gasteiger partial charge in [0, 0.05) is 56.5 Å². The van der Waals surface area contributed by atoms with Crippen molar-refractivity contribution >= 4 is 16.6 Å². The number of hydrogen-bond donors (Lipinski definition) is 0. The summed E-state index contributed by atoms with van der Waals surface area (Å²) in [4.78, 5) is 11.9. The molecule has 5 heteroatoms. The second kappa shape index (κ2) is 10.1. The first-order chi connectivity index (χ1) is 14.3. The van der Waals surface area contributed by atoms with Crippen LogP contribution in [-0.2, 0) is 4.74 Å². The number of nitrogens with zero attached hydrogens (tertiary/aromatic N) is 4. The zero-order valence-electron chi connectivity index (χ0n) is 17.5. The quantitative estimate of drug-likeness (QED) is 0.731. The maximum atomic E-state index is 6.04. The fourth-order valence-corrected chi connectivity index (χ4v) is 4.26. The van der Waals surface area contributed by atoms with Gasteiger partial charge in [-0.25, -0.2) is 0 Å². The summed E-state index contributed by atoms with van der Waals surface area (Å²) in [6.07, 6.45) is 4.34. The summed E-state index contributed by atoms with van der Waals surface area (Å²) in [7, 11) is 0. The van der Waals surface area contributed by atoms with Crippen molar-refractivity contribution in [3.8, 4) is 11.8 Å². The second-order valence-corrected chi connectivity index (χ2v) is 7.91. The van der Waals surface area contributed by atoms with Crippen LogP contribution in [0, 0.1) is 11.8 Å². The van der Waals surface area contributed by atoms with E-state index in [0.717, 1.165) is 57.6 Å². The van der Waals surface area contributed by atoms with E-state index in [1.54, 1.807) is 0 Å². The monoisotopic (exact) mass is 392 g/mol. The van der Waals surface area contributed by atoms with Gasteiger partial charge in [0.2, 0.25) is 0 Å². The predicted octanol–water partition coefficient (Wildman–Crippen LogP) is 2.86. The highest BCUT2D eigenvalue weighted by molar-refractivity contribution is 5.91. The van der Waals surface area contributed by atoms with E-state index in [0.29, 0.717) is 12.7 Å². The summed E-state index contributed by atoms with van der Waals surface area (Å²) in [5.41, 5.74) is 2.35. The minimum atomic E-state index is 0.321. The van der Waals surface area contributed by atoms with Crippen LogP contribution in [0.5, 0.6) is 0 Å². The molecule has 0 aliphatic carbocycles. The third-order valence-electron chi connectivity index (χ3n) is 6.14. The molecule has 0 N–H and O–H groups in total. The number of para-hydroxylation sites is 1. The van der Waals surface area contributed by atoms with Gasteiger partial charge in [0.05, 0.1) is 18.2 Å². The summed E-state index contributed by atoms with van der Waals surface area (Å²) in [6.45, 7) is 11.4. The lowest BCUT2D eigenvalue weighted by Crippen LogP contribution is -2.46. The number of fused-ring (bicyclic) bond motifs is 1. The molecule has 29 heavy (non-hydrogen) atoms. The van der Waals surface area contributed by atoms with Crippen molar-refractivity contribution in [2.75, 3.05) is 63.9 Å². The number of benzene rings is 1. The van der Waals surface area contributed by atoms with E-state index in [4.69, 9.17) is 4.74 Å². The number of ether oxygens (including phenoxy) is 1. The van der Waals surface area contributed by atoms with Crippen molar-refractivity contribution in [3.05, 3.63) is 36.5 Å². The molecule has 0 bridgehead atoms. The van der Waals surface area contributed by atoms with E-state index in [9.17, 15) is 0 Å². The van der Waals surface area contributed by atoms with E-state index in [-0.39, 0.29) is 0 Å². The Hall–Kier alpha value is -2.13. The third kappa shape index (κ3) is 5.27. The van der Waals surface area contributed by atoms with Gasteiger partial charge < -0.3 is 14.5 Å². The van der Waals surface area contributed by atoms with Crippen LogP contribution < -0.4 is 4.90 Å². The normalized spacial score (nSPS) is 19.3. The van der Waals surface area contributed by atoms with Crippen LogP contribution >= 0.6 is 0 Å². The minimum Gasteiger partial charge on any atom is -0.371 e. The van der Waals surface area contributed by atoms with Gasteiger partial charge in [-0.3, -0.25) is 9.88 Å². The molecule has 0 amide bonds. The van der Waals surface area contributed by atoms with Crippen molar-refractivity contribution < 1.29 is 4.74 Å². The third-order valence-corrected chi connectivity index (χ3v) is 6.14. The molecule has 5 nitrogen and oxygen atoms in total. The Kier molecular flexibility index (Phi) is 7.00. The lowest BCUT2D eigenvalue weighted by Gasteiger charge is -2.33. The molecule has 0 radical (unpaired) electrons. The molecule has 4 rings (SSSR count). The highest BCUT2D eigenvalue weighted by Crippen LogP contribution is 2.28. The number of piperazine rings is 1. The van der Waals surface area contributed by atoms with Gasteiger partial charge >= 0.3 is 0 Å². The van der Waals surface area contributed by atoms with Crippen LogP contribution in [-0.4, -0.2) is 79.9 Å². The molecule has 0 atom stereocenters. The maximum absolute atomic E-state index is 6.04. The van der Waals surface area contributed by atoms with Gasteiger partial charge in [0.15, 0.2) is 0 Å². The van der Waals surface area contributed by atoms with Crippen molar-refractivity contribution in [3.63, 3.8) is 0 Å². The Morgan fingerprint density at radius 2 is 1.72 bits per heavy atom. The number of pyridine rings is 1. The molecule has 0 spiro atoms. The summed E-state index contributed by atoms with van der Waals surface area (Å²) in [6, 6.07) is 10.5. The Balaban J connectivity index is 1.19. The van der Waals surface area contributed by atoms with E-state index < -0.39 is 0 Å². The Labute approximate surface area is 174 Å². The van der Waals surface area contributed by atoms with E-state index in [1.165, 1.54) is 24.2 Å². The number of rotatable bonds is 5.